The smallest absolute Gasteiger partial charge is 0.276 e. The van der Waals surface area contributed by atoms with Crippen LogP contribution >= 0.6 is 12.4 Å². The van der Waals surface area contributed by atoms with Crippen LogP contribution < -0.4 is 5.32 Å². The number of benzene rings is 1. The number of hydrogen-bond acceptors (Lipinski definition) is 4. The summed E-state index contributed by atoms with van der Waals surface area (Å²) in [6.07, 6.45) is 3.66. The minimum atomic E-state index is -0.0283. The number of rotatable bonds is 5. The van der Waals surface area contributed by atoms with E-state index in [4.69, 9.17) is 0 Å². The normalized spacial score (nSPS) is 16.7. The van der Waals surface area contributed by atoms with Crippen LogP contribution in [0.1, 0.15) is 35.8 Å². The van der Waals surface area contributed by atoms with Gasteiger partial charge >= 0.3 is 0 Å². The molecule has 0 bridgehead atoms. The van der Waals surface area contributed by atoms with Gasteiger partial charge in [0.1, 0.15) is 0 Å². The summed E-state index contributed by atoms with van der Waals surface area (Å²) in [6.45, 7) is 6.70. The molecule has 1 atom stereocenters. The van der Waals surface area contributed by atoms with E-state index in [0.29, 0.717) is 5.69 Å². The topological polar surface area (TPSA) is 63.1 Å². The molecule has 1 fully saturated rings. The van der Waals surface area contributed by atoms with Gasteiger partial charge in [0.15, 0.2) is 5.69 Å². The summed E-state index contributed by atoms with van der Waals surface area (Å²) >= 11 is 0. The number of aromatic nitrogens is 3. The lowest BCUT2D eigenvalue weighted by molar-refractivity contribution is 0.0686. The molecule has 0 saturated carbocycles. The molecule has 0 aliphatic carbocycles. The second-order valence-corrected chi connectivity index (χ2v) is 6.03. The molecule has 7 heteroatoms. The van der Waals surface area contributed by atoms with Gasteiger partial charge in [-0.25, -0.2) is 4.68 Å². The number of amides is 1. The monoisotopic (exact) mass is 349 g/mol. The number of hydrogen-bond donors (Lipinski definition) is 1. The van der Waals surface area contributed by atoms with E-state index in [1.165, 1.54) is 0 Å². The first kappa shape index (κ1) is 18.4. The zero-order chi connectivity index (χ0) is 16.2. The van der Waals surface area contributed by atoms with Crippen LogP contribution in [0.2, 0.25) is 0 Å². The van der Waals surface area contributed by atoms with Crippen molar-refractivity contribution in [3.05, 3.63) is 41.7 Å². The van der Waals surface area contributed by atoms with Crippen LogP contribution in [0.25, 0.3) is 5.69 Å². The number of carbonyl (C=O) groups excluding carboxylic acids is 1. The molecule has 2 heterocycles. The van der Waals surface area contributed by atoms with Crippen LogP contribution in [-0.2, 0) is 0 Å². The van der Waals surface area contributed by atoms with E-state index >= 15 is 0 Å². The van der Waals surface area contributed by atoms with Crippen molar-refractivity contribution in [2.24, 2.45) is 0 Å². The van der Waals surface area contributed by atoms with Crippen LogP contribution in [0, 0.1) is 6.92 Å². The summed E-state index contributed by atoms with van der Waals surface area (Å²) in [5, 5.41) is 11.5. The Morgan fingerprint density at radius 1 is 1.46 bits per heavy atom. The Balaban J connectivity index is 0.00000208. The Bertz CT molecular complexity index is 681. The lowest BCUT2D eigenvalue weighted by Gasteiger charge is -2.27. The zero-order valence-corrected chi connectivity index (χ0v) is 14.9. The van der Waals surface area contributed by atoms with Crippen LogP contribution in [0.3, 0.4) is 0 Å². The standard InChI is InChI=1S/C17H23N5O.ClH/c1-3-9-21(15-7-8-18-11-15)17(23)16-12-22(20-19-16)14-6-4-5-13(2)10-14;/h4-6,10,12,15,18H,3,7-9,11H2,1-2H3;1H. The molecular weight excluding hydrogens is 326 g/mol. The molecule has 2 aromatic rings. The summed E-state index contributed by atoms with van der Waals surface area (Å²) in [7, 11) is 0. The lowest BCUT2D eigenvalue weighted by atomic mass is 10.2. The predicted molar refractivity (Wildman–Crippen MR) is 95.9 cm³/mol. The maximum Gasteiger partial charge on any atom is 0.276 e. The Morgan fingerprint density at radius 2 is 2.29 bits per heavy atom. The summed E-state index contributed by atoms with van der Waals surface area (Å²) in [6, 6.07) is 8.24. The predicted octanol–water partition coefficient (Wildman–Crippen LogP) is 2.21. The fourth-order valence-corrected chi connectivity index (χ4v) is 3.00. The molecule has 1 amide bonds. The summed E-state index contributed by atoms with van der Waals surface area (Å²) in [5.41, 5.74) is 2.48. The molecule has 3 rings (SSSR count). The molecule has 0 radical (unpaired) electrons. The van der Waals surface area contributed by atoms with E-state index < -0.39 is 0 Å². The van der Waals surface area contributed by atoms with Crippen molar-refractivity contribution < 1.29 is 4.79 Å². The molecule has 130 valence electrons. The Kier molecular flexibility index (Phi) is 6.34. The highest BCUT2D eigenvalue weighted by molar-refractivity contribution is 5.92. The van der Waals surface area contributed by atoms with E-state index in [1.54, 1.807) is 10.9 Å². The molecule has 1 aromatic carbocycles. The highest BCUT2D eigenvalue weighted by Gasteiger charge is 2.28. The van der Waals surface area contributed by atoms with Gasteiger partial charge in [-0.3, -0.25) is 4.79 Å². The number of aryl methyl sites for hydroxylation is 1. The van der Waals surface area contributed by atoms with Crippen molar-refractivity contribution >= 4 is 18.3 Å². The van der Waals surface area contributed by atoms with Gasteiger partial charge in [0.2, 0.25) is 0 Å². The van der Waals surface area contributed by atoms with E-state index in [-0.39, 0.29) is 24.4 Å². The zero-order valence-electron chi connectivity index (χ0n) is 14.1. The molecule has 1 aliphatic heterocycles. The van der Waals surface area contributed by atoms with Gasteiger partial charge in [-0.2, -0.15) is 0 Å². The first-order valence-corrected chi connectivity index (χ1v) is 8.20. The van der Waals surface area contributed by atoms with Crippen molar-refractivity contribution in [3.8, 4) is 5.69 Å². The number of halogens is 1. The summed E-state index contributed by atoms with van der Waals surface area (Å²) < 4.78 is 1.66. The maximum atomic E-state index is 12.8. The lowest BCUT2D eigenvalue weighted by Crippen LogP contribution is -2.42. The highest BCUT2D eigenvalue weighted by Crippen LogP contribution is 2.14. The minimum absolute atomic E-state index is 0. The third kappa shape index (κ3) is 3.94. The van der Waals surface area contributed by atoms with Crippen molar-refractivity contribution in [2.75, 3.05) is 19.6 Å². The van der Waals surface area contributed by atoms with Crippen molar-refractivity contribution in [2.45, 2.75) is 32.7 Å². The quantitative estimate of drug-likeness (QED) is 0.899. The van der Waals surface area contributed by atoms with Crippen LogP contribution in [0.5, 0.6) is 0 Å². The summed E-state index contributed by atoms with van der Waals surface area (Å²) in [5.74, 6) is -0.0283. The average molecular weight is 350 g/mol. The molecule has 24 heavy (non-hydrogen) atoms. The molecule has 6 nitrogen and oxygen atoms in total. The maximum absolute atomic E-state index is 12.8. The third-order valence-electron chi connectivity index (χ3n) is 4.18. The van der Waals surface area contributed by atoms with E-state index in [9.17, 15) is 4.79 Å². The molecule has 1 N–H and O–H groups in total. The molecule has 1 aliphatic rings. The van der Waals surface area contributed by atoms with Crippen LogP contribution in [0.4, 0.5) is 0 Å². The van der Waals surface area contributed by atoms with E-state index in [1.807, 2.05) is 36.1 Å². The van der Waals surface area contributed by atoms with Crippen LogP contribution in [-0.4, -0.2) is 51.5 Å². The Hall–Kier alpha value is -1.92. The molecule has 1 aromatic heterocycles. The number of carbonyl (C=O) groups is 1. The van der Waals surface area contributed by atoms with E-state index in [2.05, 4.69) is 22.6 Å². The second-order valence-electron chi connectivity index (χ2n) is 6.03. The van der Waals surface area contributed by atoms with Crippen molar-refractivity contribution in [1.82, 2.24) is 25.2 Å². The average Bonchev–Trinajstić information content (AvgIpc) is 3.23. The second kappa shape index (κ2) is 8.26. The fraction of sp³-hybridized carbons (Fsp3) is 0.471. The summed E-state index contributed by atoms with van der Waals surface area (Å²) in [4.78, 5) is 14.8. The van der Waals surface area contributed by atoms with Gasteiger partial charge in [0.25, 0.3) is 5.91 Å². The number of nitrogens with zero attached hydrogens (tertiary/aromatic N) is 4. The molecule has 1 saturated heterocycles. The Morgan fingerprint density at radius 3 is 2.96 bits per heavy atom. The van der Waals surface area contributed by atoms with Gasteiger partial charge in [-0.1, -0.05) is 24.3 Å². The minimum Gasteiger partial charge on any atom is -0.333 e. The van der Waals surface area contributed by atoms with Gasteiger partial charge in [0.05, 0.1) is 11.9 Å². The number of nitrogens with one attached hydrogen (secondary N) is 1. The van der Waals surface area contributed by atoms with Crippen molar-refractivity contribution in [3.63, 3.8) is 0 Å². The van der Waals surface area contributed by atoms with E-state index in [0.717, 1.165) is 43.7 Å². The van der Waals surface area contributed by atoms with Gasteiger partial charge in [-0.15, -0.1) is 17.5 Å². The molecule has 0 spiro atoms. The third-order valence-corrected chi connectivity index (χ3v) is 4.18. The van der Waals surface area contributed by atoms with Crippen LogP contribution in [0.15, 0.2) is 30.5 Å². The first-order chi connectivity index (χ1) is 11.2. The van der Waals surface area contributed by atoms with Gasteiger partial charge in [0, 0.05) is 19.1 Å². The Labute approximate surface area is 148 Å². The molecular formula is C17H24ClN5O. The molecule has 1 unspecified atom stereocenters. The van der Waals surface area contributed by atoms with Gasteiger partial charge < -0.3 is 10.2 Å². The largest absolute Gasteiger partial charge is 0.333 e. The SMILES string of the molecule is CCCN(C(=O)c1cn(-c2cccc(C)c2)nn1)C1CCNC1.Cl. The first-order valence-electron chi connectivity index (χ1n) is 8.20. The highest BCUT2D eigenvalue weighted by atomic mass is 35.5. The fourth-order valence-electron chi connectivity index (χ4n) is 3.00. The van der Waals surface area contributed by atoms with Crippen molar-refractivity contribution in [1.29, 1.82) is 0 Å². The van der Waals surface area contributed by atoms with Gasteiger partial charge in [-0.05, 0) is 44.0 Å².